The zero-order valence-corrected chi connectivity index (χ0v) is 25.6. The van der Waals surface area contributed by atoms with E-state index in [9.17, 15) is 9.90 Å². The van der Waals surface area contributed by atoms with Crippen LogP contribution in [0.15, 0.2) is 53.7 Å². The van der Waals surface area contributed by atoms with Gasteiger partial charge in [0.1, 0.15) is 5.75 Å². The summed E-state index contributed by atoms with van der Waals surface area (Å²) in [5.41, 5.74) is 10.6. The van der Waals surface area contributed by atoms with Gasteiger partial charge >= 0.3 is 0 Å². The molecule has 6 nitrogen and oxygen atoms in total. The minimum Gasteiger partial charge on any atom is -0.496 e. The number of anilines is 1. The monoisotopic (exact) mass is 559 g/mol. The van der Waals surface area contributed by atoms with E-state index in [1.54, 1.807) is 13.3 Å². The van der Waals surface area contributed by atoms with Gasteiger partial charge in [0.25, 0.3) is 0 Å². The highest BCUT2D eigenvalue weighted by Gasteiger charge is 2.36. The maximum atomic E-state index is 14.1. The Bertz CT molecular complexity index is 1230. The number of hydrogen-bond donors (Lipinski definition) is 2. The smallest absolute Gasteiger partial charge is 0.230 e. The summed E-state index contributed by atoms with van der Waals surface area (Å²) in [5, 5.41) is 10.5. The van der Waals surface area contributed by atoms with Crippen LogP contribution in [-0.4, -0.2) is 42.5 Å². The molecule has 0 atom stereocenters. The number of aliphatic hydroxyl groups is 1. The number of rotatable bonds is 9. The number of nitrogens with two attached hydrogens (primary N) is 1. The van der Waals surface area contributed by atoms with Crippen LogP contribution in [0.25, 0.3) is 5.57 Å². The number of amides is 1. The highest BCUT2D eigenvalue weighted by molar-refractivity contribution is 6.10. The Morgan fingerprint density at radius 1 is 1.12 bits per heavy atom. The van der Waals surface area contributed by atoms with E-state index < -0.39 is 5.60 Å². The number of aryl methyl sites for hydroxylation is 1. The highest BCUT2D eigenvalue weighted by Crippen LogP contribution is 2.39. The van der Waals surface area contributed by atoms with Gasteiger partial charge in [-0.1, -0.05) is 24.3 Å². The average Bonchev–Trinajstić information content (AvgIpc) is 2.96. The maximum absolute atomic E-state index is 14.1. The lowest BCUT2D eigenvalue weighted by molar-refractivity contribution is -0.125. The first kappa shape index (κ1) is 30.8. The maximum Gasteiger partial charge on any atom is 0.230 e. The Hall–Kier alpha value is -3.12. The van der Waals surface area contributed by atoms with Crippen LogP contribution in [0.2, 0.25) is 0 Å². The van der Waals surface area contributed by atoms with Crippen molar-refractivity contribution >= 4 is 23.4 Å². The van der Waals surface area contributed by atoms with Gasteiger partial charge < -0.3 is 20.5 Å². The predicted octanol–water partition coefficient (Wildman–Crippen LogP) is 7.03. The first-order valence-electron chi connectivity index (χ1n) is 15.3. The molecule has 1 amide bonds. The molecular formula is C35H49N3O3. The molecule has 0 aliphatic heterocycles. The summed E-state index contributed by atoms with van der Waals surface area (Å²) in [4.78, 5) is 20.7. The Labute approximate surface area is 246 Å². The molecule has 0 heterocycles. The molecule has 41 heavy (non-hydrogen) atoms. The van der Waals surface area contributed by atoms with Gasteiger partial charge in [0.2, 0.25) is 5.91 Å². The van der Waals surface area contributed by atoms with Crippen LogP contribution >= 0.6 is 0 Å². The molecule has 2 saturated carbocycles. The van der Waals surface area contributed by atoms with Crippen LogP contribution in [0, 0.1) is 18.8 Å². The van der Waals surface area contributed by atoms with Crippen molar-refractivity contribution in [3.63, 3.8) is 0 Å². The Kier molecular flexibility index (Phi) is 10.3. The van der Waals surface area contributed by atoms with Crippen LogP contribution in [-0.2, 0) is 4.79 Å². The molecule has 2 fully saturated rings. The van der Waals surface area contributed by atoms with Crippen LogP contribution in [0.1, 0.15) is 94.7 Å². The first-order chi connectivity index (χ1) is 19.6. The minimum absolute atomic E-state index is 0.0653. The lowest BCUT2D eigenvalue weighted by Crippen LogP contribution is -2.43. The molecule has 2 aliphatic rings. The molecule has 0 radical (unpaired) electrons. The van der Waals surface area contributed by atoms with Crippen LogP contribution in [0.4, 0.5) is 5.69 Å². The van der Waals surface area contributed by atoms with E-state index in [-0.39, 0.29) is 17.9 Å². The SMILES string of the molecule is COc1ccc(C2CCC(CN(C(=O)C3CCC(C)(O)CC3)c3cccc(C(C=NC(C)C)=CN)c3)CC2)cc1C. The summed E-state index contributed by atoms with van der Waals surface area (Å²) in [6, 6.07) is 14.9. The number of benzene rings is 2. The molecule has 2 aromatic rings. The molecule has 6 heteroatoms. The molecule has 0 spiro atoms. The molecule has 0 saturated heterocycles. The number of nitrogens with zero attached hydrogens (tertiary/aromatic N) is 2. The fourth-order valence-corrected chi connectivity index (χ4v) is 6.42. The summed E-state index contributed by atoms with van der Waals surface area (Å²) in [5.74, 6) is 2.04. The lowest BCUT2D eigenvalue weighted by Gasteiger charge is -2.37. The van der Waals surface area contributed by atoms with E-state index in [0.29, 0.717) is 31.2 Å². The summed E-state index contributed by atoms with van der Waals surface area (Å²) >= 11 is 0. The van der Waals surface area contributed by atoms with Crippen LogP contribution in [0.5, 0.6) is 5.75 Å². The Balaban J connectivity index is 1.53. The van der Waals surface area contributed by atoms with Gasteiger partial charge in [0.15, 0.2) is 0 Å². The lowest BCUT2D eigenvalue weighted by atomic mass is 9.77. The van der Waals surface area contributed by atoms with Gasteiger partial charge in [-0.25, -0.2) is 0 Å². The van der Waals surface area contributed by atoms with Crippen molar-refractivity contribution in [3.05, 3.63) is 65.4 Å². The van der Waals surface area contributed by atoms with Gasteiger partial charge in [0.05, 0.1) is 12.7 Å². The number of carbonyl (C=O) groups excluding carboxylic acids is 1. The van der Waals surface area contributed by atoms with E-state index in [4.69, 9.17) is 10.5 Å². The molecule has 2 aliphatic carbocycles. The molecule has 0 bridgehead atoms. The standard InChI is InChI=1S/C35H49N3O3/c1-24(2)37-22-31(21-36)29-7-6-8-32(20-29)38(34(39)28-15-17-35(4,40)18-16-28)23-26-9-11-27(12-10-26)30-13-14-33(41-5)25(3)19-30/h6-8,13-14,19-22,24,26-28,40H,9-12,15-18,23,36H2,1-5H3. The molecule has 3 N–H and O–H groups in total. The van der Waals surface area contributed by atoms with Crippen LogP contribution in [0.3, 0.4) is 0 Å². The van der Waals surface area contributed by atoms with Gasteiger partial charge in [-0.2, -0.15) is 0 Å². The normalized spacial score (nSPS) is 25.4. The van der Waals surface area contributed by atoms with E-state index in [1.807, 2.05) is 50.1 Å². The van der Waals surface area contributed by atoms with Crippen LogP contribution < -0.4 is 15.4 Å². The van der Waals surface area contributed by atoms with Crippen molar-refractivity contribution in [2.24, 2.45) is 22.6 Å². The fourth-order valence-electron chi connectivity index (χ4n) is 6.42. The zero-order chi connectivity index (χ0) is 29.6. The zero-order valence-electron chi connectivity index (χ0n) is 25.6. The molecule has 4 rings (SSSR count). The number of ether oxygens (including phenoxy) is 1. The van der Waals surface area contributed by atoms with Crippen molar-refractivity contribution in [1.29, 1.82) is 0 Å². The van der Waals surface area contributed by atoms with Crippen molar-refractivity contribution < 1.29 is 14.6 Å². The van der Waals surface area contributed by atoms with Gasteiger partial charge in [-0.3, -0.25) is 9.79 Å². The van der Waals surface area contributed by atoms with Crippen molar-refractivity contribution in [2.75, 3.05) is 18.6 Å². The van der Waals surface area contributed by atoms with Crippen molar-refractivity contribution in [3.8, 4) is 5.75 Å². The summed E-state index contributed by atoms with van der Waals surface area (Å²) in [7, 11) is 1.72. The van der Waals surface area contributed by atoms with Gasteiger partial charge in [-0.05, 0) is 126 Å². The van der Waals surface area contributed by atoms with Gasteiger partial charge in [-0.15, -0.1) is 0 Å². The Morgan fingerprint density at radius 2 is 1.83 bits per heavy atom. The first-order valence-corrected chi connectivity index (χ1v) is 15.3. The topological polar surface area (TPSA) is 88.1 Å². The largest absolute Gasteiger partial charge is 0.496 e. The summed E-state index contributed by atoms with van der Waals surface area (Å²) < 4.78 is 5.46. The number of methoxy groups -OCH3 is 1. The molecule has 0 unspecified atom stereocenters. The van der Waals surface area contributed by atoms with E-state index in [1.165, 1.54) is 11.1 Å². The minimum atomic E-state index is -0.670. The Morgan fingerprint density at radius 3 is 2.44 bits per heavy atom. The third-order valence-electron chi connectivity index (χ3n) is 9.04. The molecule has 2 aromatic carbocycles. The number of carbonyl (C=O) groups is 1. The molecule has 0 aromatic heterocycles. The average molecular weight is 560 g/mol. The third-order valence-corrected chi connectivity index (χ3v) is 9.04. The highest BCUT2D eigenvalue weighted by atomic mass is 16.5. The van der Waals surface area contributed by atoms with Crippen molar-refractivity contribution in [1.82, 2.24) is 0 Å². The molecular weight excluding hydrogens is 510 g/mol. The van der Waals surface area contributed by atoms with E-state index >= 15 is 0 Å². The number of allylic oxidation sites excluding steroid dienone is 1. The van der Waals surface area contributed by atoms with E-state index in [2.05, 4.69) is 36.2 Å². The number of hydrogen-bond acceptors (Lipinski definition) is 5. The third kappa shape index (κ3) is 8.00. The van der Waals surface area contributed by atoms with E-state index in [0.717, 1.165) is 61.1 Å². The quantitative estimate of drug-likeness (QED) is 0.323. The fraction of sp³-hybridized carbons (Fsp3) is 0.543. The predicted molar refractivity (Wildman–Crippen MR) is 170 cm³/mol. The second kappa shape index (κ2) is 13.7. The number of aliphatic imine (C=N–C) groups is 1. The molecule has 222 valence electrons. The van der Waals surface area contributed by atoms with Gasteiger partial charge in [0, 0.05) is 42.2 Å². The second-order valence-electron chi connectivity index (χ2n) is 12.7. The van der Waals surface area contributed by atoms with Crippen molar-refractivity contribution in [2.45, 2.75) is 96.6 Å². The summed E-state index contributed by atoms with van der Waals surface area (Å²) in [6.07, 6.45) is 10.6. The second-order valence-corrected chi connectivity index (χ2v) is 12.7. The summed E-state index contributed by atoms with van der Waals surface area (Å²) in [6.45, 7) is 8.78.